The van der Waals surface area contributed by atoms with Gasteiger partial charge < -0.3 is 19.6 Å². The maximum atomic E-state index is 12.7. The molecule has 0 unspecified atom stereocenters. The lowest BCUT2D eigenvalue weighted by Crippen LogP contribution is -2.46. The van der Waals surface area contributed by atoms with E-state index in [1.54, 1.807) is 13.8 Å². The molecule has 0 spiro atoms. The molecule has 0 atom stereocenters. The topological polar surface area (TPSA) is 166 Å². The number of hydroxylamine groups is 2. The van der Waals surface area contributed by atoms with Gasteiger partial charge in [-0.25, -0.2) is 4.79 Å². The molecule has 0 radical (unpaired) electrons. The highest BCUT2D eigenvalue weighted by Gasteiger charge is 2.41. The fourth-order valence-electron chi connectivity index (χ4n) is 5.07. The molecule has 0 aromatic heterocycles. The lowest BCUT2D eigenvalue weighted by atomic mass is 9.73. The molecule has 1 saturated heterocycles. The zero-order valence-corrected chi connectivity index (χ0v) is 27.2. The van der Waals surface area contributed by atoms with E-state index < -0.39 is 57.5 Å². The number of nitrogens with one attached hydrogen (secondary N) is 1. The number of nitrogens with zero attached hydrogens (tertiary/aromatic N) is 2. The van der Waals surface area contributed by atoms with Crippen molar-refractivity contribution in [1.29, 1.82) is 0 Å². The second kappa shape index (κ2) is 14.4. The Morgan fingerprint density at radius 1 is 0.841 bits per heavy atom. The van der Waals surface area contributed by atoms with Gasteiger partial charge in [-0.2, -0.15) is 0 Å². The minimum atomic E-state index is -1.07. The van der Waals surface area contributed by atoms with E-state index in [1.165, 1.54) is 12.2 Å². The van der Waals surface area contributed by atoms with Crippen molar-refractivity contribution in [3.05, 3.63) is 12.2 Å². The van der Waals surface area contributed by atoms with Crippen molar-refractivity contribution in [2.24, 2.45) is 10.8 Å². The van der Waals surface area contributed by atoms with Crippen LogP contribution in [0.15, 0.2) is 12.2 Å². The van der Waals surface area contributed by atoms with E-state index in [4.69, 9.17) is 14.3 Å². The first-order valence-corrected chi connectivity index (χ1v) is 14.9. The summed E-state index contributed by atoms with van der Waals surface area (Å²) in [6.07, 6.45) is 3.59. The van der Waals surface area contributed by atoms with Crippen molar-refractivity contribution < 1.29 is 47.9 Å². The third kappa shape index (κ3) is 11.5. The van der Waals surface area contributed by atoms with Gasteiger partial charge in [0.2, 0.25) is 5.91 Å². The standard InChI is InChI=1S/C31H47N3O10/c1-28(2,20-29(3,4)27(41)44-34-24(38)11-12-25(34)39)19-26(40)42-17-15-31(7,8)43-18-14-30(5,6)32-21(35)13-16-33-22(36)9-10-23(33)37/h9-10H,11-20H2,1-8H3,(H,32,35). The van der Waals surface area contributed by atoms with Crippen LogP contribution in [0.5, 0.6) is 0 Å². The van der Waals surface area contributed by atoms with Crippen molar-refractivity contribution in [2.45, 2.75) is 111 Å². The third-order valence-corrected chi connectivity index (χ3v) is 7.40. The summed E-state index contributed by atoms with van der Waals surface area (Å²) >= 11 is 0. The summed E-state index contributed by atoms with van der Waals surface area (Å²) in [6.45, 7) is 14.8. The quantitative estimate of drug-likeness (QED) is 0.189. The molecule has 2 rings (SSSR count). The number of amides is 5. The van der Waals surface area contributed by atoms with Crippen LogP contribution in [0.4, 0.5) is 0 Å². The van der Waals surface area contributed by atoms with E-state index in [0.717, 1.165) is 4.90 Å². The smallest absolute Gasteiger partial charge is 0.338 e. The molecule has 13 heteroatoms. The van der Waals surface area contributed by atoms with Crippen molar-refractivity contribution in [3.63, 3.8) is 0 Å². The molecule has 0 aromatic carbocycles. The van der Waals surface area contributed by atoms with Gasteiger partial charge in [0.1, 0.15) is 0 Å². The van der Waals surface area contributed by atoms with Crippen LogP contribution in [0.25, 0.3) is 0 Å². The number of esters is 1. The van der Waals surface area contributed by atoms with Gasteiger partial charge >= 0.3 is 11.9 Å². The summed E-state index contributed by atoms with van der Waals surface area (Å²) in [5.74, 6) is -3.40. The Hall–Kier alpha value is -3.61. The predicted octanol–water partition coefficient (Wildman–Crippen LogP) is 2.75. The van der Waals surface area contributed by atoms with Crippen LogP contribution < -0.4 is 5.32 Å². The molecule has 44 heavy (non-hydrogen) atoms. The Bertz CT molecular complexity index is 1150. The minimum absolute atomic E-state index is 0.000678. The fourth-order valence-corrected chi connectivity index (χ4v) is 5.07. The summed E-state index contributed by atoms with van der Waals surface area (Å²) in [5.41, 5.74) is -2.92. The van der Waals surface area contributed by atoms with Gasteiger partial charge in [0.05, 0.1) is 24.0 Å². The molecule has 13 nitrogen and oxygen atoms in total. The van der Waals surface area contributed by atoms with Crippen LogP contribution in [0.1, 0.15) is 100 Å². The largest absolute Gasteiger partial charge is 0.466 e. The highest BCUT2D eigenvalue weighted by molar-refractivity contribution is 6.13. The molecule has 5 amide bonds. The monoisotopic (exact) mass is 621 g/mol. The van der Waals surface area contributed by atoms with Gasteiger partial charge in [-0.15, -0.1) is 5.06 Å². The molecule has 0 aliphatic carbocycles. The first kappa shape index (κ1) is 36.6. The number of hydrogen-bond acceptors (Lipinski definition) is 10. The Balaban J connectivity index is 1.70. The molecule has 0 aromatic rings. The molecule has 0 saturated carbocycles. The van der Waals surface area contributed by atoms with Crippen LogP contribution >= 0.6 is 0 Å². The summed E-state index contributed by atoms with van der Waals surface area (Å²) < 4.78 is 11.5. The van der Waals surface area contributed by atoms with Gasteiger partial charge in [0.25, 0.3) is 23.6 Å². The van der Waals surface area contributed by atoms with Gasteiger partial charge in [-0.05, 0) is 59.8 Å². The van der Waals surface area contributed by atoms with Crippen molar-refractivity contribution >= 4 is 41.5 Å². The number of rotatable bonds is 17. The molecule has 0 bridgehead atoms. The molecule has 246 valence electrons. The SMILES string of the molecule is CC(C)(CC(=O)OCCC(C)(C)OCCC(C)(C)NC(=O)CCN1C(=O)C=CC1=O)CC(C)(C)C(=O)ON1C(=O)CCC1=O. The number of imide groups is 2. The predicted molar refractivity (Wildman–Crippen MR) is 157 cm³/mol. The Labute approximate surface area is 258 Å². The highest BCUT2D eigenvalue weighted by Crippen LogP contribution is 2.38. The Kier molecular flexibility index (Phi) is 12.0. The number of carbonyl (C=O) groups is 7. The number of carbonyl (C=O) groups excluding carboxylic acids is 7. The molecule has 2 heterocycles. The fraction of sp³-hybridized carbons (Fsp3) is 0.710. The van der Waals surface area contributed by atoms with Crippen LogP contribution in [0.2, 0.25) is 0 Å². The van der Waals surface area contributed by atoms with Crippen molar-refractivity contribution in [3.8, 4) is 0 Å². The van der Waals surface area contributed by atoms with Crippen molar-refractivity contribution in [2.75, 3.05) is 19.8 Å². The Morgan fingerprint density at radius 3 is 1.98 bits per heavy atom. The van der Waals surface area contributed by atoms with E-state index in [2.05, 4.69) is 5.32 Å². The van der Waals surface area contributed by atoms with Crippen LogP contribution in [-0.4, -0.2) is 82.3 Å². The molecule has 2 aliphatic rings. The first-order chi connectivity index (χ1) is 20.1. The van der Waals surface area contributed by atoms with Gasteiger partial charge in [0.15, 0.2) is 0 Å². The summed E-state index contributed by atoms with van der Waals surface area (Å²) in [6, 6.07) is 0. The first-order valence-electron chi connectivity index (χ1n) is 14.9. The zero-order chi connectivity index (χ0) is 33.5. The molecule has 1 N–H and O–H groups in total. The number of ether oxygens (including phenoxy) is 2. The average Bonchev–Trinajstić information content (AvgIpc) is 3.35. The molecular weight excluding hydrogens is 574 g/mol. The zero-order valence-electron chi connectivity index (χ0n) is 27.2. The van der Waals surface area contributed by atoms with E-state index in [0.29, 0.717) is 24.5 Å². The third-order valence-electron chi connectivity index (χ3n) is 7.40. The molecule has 2 aliphatic heterocycles. The van der Waals surface area contributed by atoms with E-state index >= 15 is 0 Å². The van der Waals surface area contributed by atoms with Gasteiger partial charge in [-0.1, -0.05) is 13.8 Å². The maximum absolute atomic E-state index is 12.7. The molecule has 1 fully saturated rings. The summed E-state index contributed by atoms with van der Waals surface area (Å²) in [5, 5.41) is 3.42. The normalized spacial score (nSPS) is 16.2. The van der Waals surface area contributed by atoms with Gasteiger partial charge in [0, 0.05) is 56.5 Å². The average molecular weight is 622 g/mol. The lowest BCUT2D eigenvalue weighted by molar-refractivity contribution is -0.205. The second-order valence-corrected chi connectivity index (χ2v) is 14.0. The minimum Gasteiger partial charge on any atom is -0.466 e. The Morgan fingerprint density at radius 2 is 1.41 bits per heavy atom. The van der Waals surface area contributed by atoms with Crippen LogP contribution in [-0.2, 0) is 47.9 Å². The lowest BCUT2D eigenvalue weighted by Gasteiger charge is -2.33. The summed E-state index contributed by atoms with van der Waals surface area (Å²) in [4.78, 5) is 90.7. The number of hydrogen-bond donors (Lipinski definition) is 1. The van der Waals surface area contributed by atoms with E-state index in [-0.39, 0.29) is 51.2 Å². The highest BCUT2D eigenvalue weighted by atomic mass is 16.7. The van der Waals surface area contributed by atoms with Crippen LogP contribution in [0, 0.1) is 10.8 Å². The maximum Gasteiger partial charge on any atom is 0.338 e. The van der Waals surface area contributed by atoms with Crippen LogP contribution in [0.3, 0.4) is 0 Å². The summed E-state index contributed by atoms with van der Waals surface area (Å²) in [7, 11) is 0. The van der Waals surface area contributed by atoms with E-state index in [9.17, 15) is 33.6 Å². The van der Waals surface area contributed by atoms with E-state index in [1.807, 2.05) is 41.5 Å². The molecular formula is C31H47N3O10. The second-order valence-electron chi connectivity index (χ2n) is 14.0. The van der Waals surface area contributed by atoms with Gasteiger partial charge in [-0.3, -0.25) is 33.7 Å². The van der Waals surface area contributed by atoms with Crippen molar-refractivity contribution in [1.82, 2.24) is 15.3 Å².